The maximum absolute atomic E-state index is 13.9. The van der Waals surface area contributed by atoms with Gasteiger partial charge in [-0.25, -0.2) is 19.1 Å². The molecule has 0 saturated carbocycles. The number of esters is 1. The molecule has 0 bridgehead atoms. The number of aromatic nitrogens is 4. The normalized spacial score (nSPS) is 10.6. The summed E-state index contributed by atoms with van der Waals surface area (Å²) in [6.07, 6.45) is 2.76. The molecule has 1 aromatic heterocycles. The molecule has 1 heterocycles. The number of aromatic amines is 1. The van der Waals surface area contributed by atoms with Gasteiger partial charge in [0.1, 0.15) is 11.4 Å². The SMILES string of the molecule is CCCCCOC(=O)COc1cc(-n2nn[nH]c2=O)c(F)cc1Cl. The first-order valence-corrected chi connectivity index (χ1v) is 7.69. The molecule has 10 heteroatoms. The number of nitrogens with one attached hydrogen (secondary N) is 1. The van der Waals surface area contributed by atoms with Gasteiger partial charge in [0.2, 0.25) is 0 Å². The van der Waals surface area contributed by atoms with Crippen molar-refractivity contribution in [2.75, 3.05) is 13.2 Å². The van der Waals surface area contributed by atoms with Crippen molar-refractivity contribution in [3.05, 3.63) is 33.5 Å². The Morgan fingerprint density at radius 3 is 2.88 bits per heavy atom. The van der Waals surface area contributed by atoms with Crippen molar-refractivity contribution >= 4 is 17.6 Å². The van der Waals surface area contributed by atoms with Crippen LogP contribution >= 0.6 is 11.6 Å². The summed E-state index contributed by atoms with van der Waals surface area (Å²) < 4.78 is 24.9. The highest BCUT2D eigenvalue weighted by Gasteiger charge is 2.15. The van der Waals surface area contributed by atoms with Crippen molar-refractivity contribution in [2.45, 2.75) is 26.2 Å². The molecule has 0 unspecified atom stereocenters. The summed E-state index contributed by atoms with van der Waals surface area (Å²) in [5.41, 5.74) is -0.929. The van der Waals surface area contributed by atoms with E-state index in [9.17, 15) is 14.0 Å². The number of carbonyl (C=O) groups excluding carboxylic acids is 1. The molecule has 24 heavy (non-hydrogen) atoms. The lowest BCUT2D eigenvalue weighted by Gasteiger charge is -2.10. The molecular formula is C14H16ClFN4O4. The second-order valence-corrected chi connectivity index (χ2v) is 5.28. The van der Waals surface area contributed by atoms with Gasteiger partial charge in [-0.2, -0.15) is 4.68 Å². The topological polar surface area (TPSA) is 99.1 Å². The molecule has 0 aliphatic rings. The van der Waals surface area contributed by atoms with Crippen LogP contribution in [0.5, 0.6) is 5.75 Å². The van der Waals surface area contributed by atoms with Crippen LogP contribution in [0.2, 0.25) is 5.02 Å². The largest absolute Gasteiger partial charge is 0.480 e. The Balaban J connectivity index is 2.04. The van der Waals surface area contributed by atoms with Crippen LogP contribution in [-0.4, -0.2) is 39.4 Å². The Hall–Kier alpha value is -2.42. The van der Waals surface area contributed by atoms with Gasteiger partial charge in [0, 0.05) is 6.07 Å². The minimum atomic E-state index is -0.787. The van der Waals surface area contributed by atoms with Gasteiger partial charge >= 0.3 is 11.7 Å². The van der Waals surface area contributed by atoms with Crippen LogP contribution in [0, 0.1) is 5.82 Å². The molecule has 0 atom stereocenters. The lowest BCUT2D eigenvalue weighted by molar-refractivity contribution is -0.146. The summed E-state index contributed by atoms with van der Waals surface area (Å²) in [4.78, 5) is 23.1. The Morgan fingerprint density at radius 1 is 1.42 bits per heavy atom. The van der Waals surface area contributed by atoms with E-state index in [1.165, 1.54) is 0 Å². The number of ether oxygens (including phenoxy) is 2. The third-order valence-corrected chi connectivity index (χ3v) is 3.35. The van der Waals surface area contributed by atoms with E-state index in [2.05, 4.69) is 10.4 Å². The van der Waals surface area contributed by atoms with E-state index < -0.39 is 17.5 Å². The van der Waals surface area contributed by atoms with E-state index in [0.717, 1.165) is 31.4 Å². The predicted octanol–water partition coefficient (Wildman–Crippen LogP) is 1.86. The number of halogens is 2. The van der Waals surface area contributed by atoms with Crippen LogP contribution in [0.25, 0.3) is 5.69 Å². The molecule has 1 aromatic carbocycles. The van der Waals surface area contributed by atoms with E-state index in [-0.39, 0.29) is 23.1 Å². The Labute approximate surface area is 141 Å². The Bertz CT molecular complexity index is 761. The van der Waals surface area contributed by atoms with Gasteiger partial charge < -0.3 is 9.47 Å². The number of hydrogen-bond acceptors (Lipinski definition) is 6. The highest BCUT2D eigenvalue weighted by molar-refractivity contribution is 6.32. The summed E-state index contributed by atoms with van der Waals surface area (Å²) >= 11 is 5.88. The molecule has 8 nitrogen and oxygen atoms in total. The molecule has 0 saturated heterocycles. The van der Waals surface area contributed by atoms with Crippen molar-refractivity contribution in [2.24, 2.45) is 0 Å². The van der Waals surface area contributed by atoms with Gasteiger partial charge in [0.25, 0.3) is 0 Å². The predicted molar refractivity (Wildman–Crippen MR) is 82.9 cm³/mol. The fourth-order valence-corrected chi connectivity index (χ4v) is 2.07. The van der Waals surface area contributed by atoms with Crippen molar-refractivity contribution in [1.82, 2.24) is 20.2 Å². The second kappa shape index (κ2) is 8.44. The molecule has 0 spiro atoms. The van der Waals surface area contributed by atoms with Gasteiger partial charge in [0.15, 0.2) is 12.4 Å². The van der Waals surface area contributed by atoms with Crippen molar-refractivity contribution in [3.8, 4) is 11.4 Å². The molecule has 130 valence electrons. The number of nitrogens with zero attached hydrogens (tertiary/aromatic N) is 3. The highest BCUT2D eigenvalue weighted by Crippen LogP contribution is 2.29. The van der Waals surface area contributed by atoms with Gasteiger partial charge in [-0.05, 0) is 22.9 Å². The molecule has 2 rings (SSSR count). The first kappa shape index (κ1) is 17.9. The van der Waals surface area contributed by atoms with Gasteiger partial charge in [-0.1, -0.05) is 31.4 Å². The maximum Gasteiger partial charge on any atom is 0.365 e. The Kier molecular flexibility index (Phi) is 6.30. The summed E-state index contributed by atoms with van der Waals surface area (Å²) in [6.45, 7) is 1.97. The zero-order chi connectivity index (χ0) is 17.5. The highest BCUT2D eigenvalue weighted by atomic mass is 35.5. The van der Waals surface area contributed by atoms with Gasteiger partial charge in [-0.3, -0.25) is 0 Å². The van der Waals surface area contributed by atoms with Crippen molar-refractivity contribution in [3.63, 3.8) is 0 Å². The van der Waals surface area contributed by atoms with Crippen LogP contribution < -0.4 is 10.4 Å². The number of benzene rings is 1. The third kappa shape index (κ3) is 4.54. The summed E-state index contributed by atoms with van der Waals surface area (Å²) in [5, 5.41) is 8.71. The number of rotatable bonds is 8. The number of tetrazole rings is 1. The van der Waals surface area contributed by atoms with E-state index in [1.54, 1.807) is 0 Å². The van der Waals surface area contributed by atoms with Crippen molar-refractivity contribution < 1.29 is 18.7 Å². The van der Waals surface area contributed by atoms with Crippen molar-refractivity contribution in [1.29, 1.82) is 0 Å². The number of H-pyrrole nitrogens is 1. The summed E-state index contributed by atoms with van der Waals surface area (Å²) in [5.74, 6) is -1.33. The van der Waals surface area contributed by atoms with Crippen LogP contribution in [0.3, 0.4) is 0 Å². The molecule has 0 fully saturated rings. The summed E-state index contributed by atoms with van der Waals surface area (Å²) in [6, 6.07) is 2.12. The Morgan fingerprint density at radius 2 is 2.21 bits per heavy atom. The third-order valence-electron chi connectivity index (χ3n) is 3.06. The number of carbonyl (C=O) groups is 1. The fourth-order valence-electron chi connectivity index (χ4n) is 1.86. The molecule has 1 N–H and O–H groups in total. The van der Waals surface area contributed by atoms with E-state index in [4.69, 9.17) is 21.1 Å². The first-order chi connectivity index (χ1) is 11.5. The monoisotopic (exact) mass is 358 g/mol. The molecule has 2 aromatic rings. The van der Waals surface area contributed by atoms with E-state index in [0.29, 0.717) is 11.3 Å². The minimum Gasteiger partial charge on any atom is -0.480 e. The first-order valence-electron chi connectivity index (χ1n) is 7.31. The molecule has 0 aliphatic carbocycles. The zero-order valence-electron chi connectivity index (χ0n) is 12.9. The van der Waals surface area contributed by atoms with Crippen LogP contribution in [-0.2, 0) is 9.53 Å². The quantitative estimate of drug-likeness (QED) is 0.571. The van der Waals surface area contributed by atoms with E-state index >= 15 is 0 Å². The molecule has 0 radical (unpaired) electrons. The zero-order valence-corrected chi connectivity index (χ0v) is 13.7. The fraction of sp³-hybridized carbons (Fsp3) is 0.429. The molecular weight excluding hydrogens is 343 g/mol. The average molecular weight is 359 g/mol. The van der Waals surface area contributed by atoms with E-state index in [1.807, 2.05) is 12.0 Å². The van der Waals surface area contributed by atoms with Gasteiger partial charge in [0.05, 0.1) is 11.6 Å². The smallest absolute Gasteiger partial charge is 0.365 e. The summed E-state index contributed by atoms with van der Waals surface area (Å²) in [7, 11) is 0. The van der Waals surface area contributed by atoms with Crippen LogP contribution in [0.4, 0.5) is 4.39 Å². The lowest BCUT2D eigenvalue weighted by Crippen LogP contribution is -2.18. The molecule has 0 aliphatic heterocycles. The van der Waals surface area contributed by atoms with Crippen LogP contribution in [0.15, 0.2) is 16.9 Å². The van der Waals surface area contributed by atoms with Crippen LogP contribution in [0.1, 0.15) is 26.2 Å². The lowest BCUT2D eigenvalue weighted by atomic mass is 10.3. The number of hydrogen-bond donors (Lipinski definition) is 1. The van der Waals surface area contributed by atoms with Gasteiger partial charge in [-0.15, -0.1) is 0 Å². The number of unbranched alkanes of at least 4 members (excludes halogenated alkanes) is 2. The second-order valence-electron chi connectivity index (χ2n) is 4.87. The molecule has 0 amide bonds. The standard InChI is InChI=1S/C14H16ClFN4O4/c1-2-3-4-5-23-13(21)8-24-12-7-11(10(16)6-9(12)15)20-14(22)17-18-19-20/h6-7H,2-5,8H2,1H3,(H,17,19,22). The average Bonchev–Trinajstić information content (AvgIpc) is 2.97. The minimum absolute atomic E-state index is 0.0217. The maximum atomic E-state index is 13.9.